The molecule has 0 fully saturated rings. The van der Waals surface area contributed by atoms with Crippen LogP contribution in [0.4, 0.5) is 17.1 Å². The van der Waals surface area contributed by atoms with Crippen molar-refractivity contribution in [3.63, 3.8) is 0 Å². The molecule has 5 nitrogen and oxygen atoms in total. The Hall–Kier alpha value is -3.05. The van der Waals surface area contributed by atoms with Crippen molar-refractivity contribution in [2.24, 2.45) is 0 Å². The van der Waals surface area contributed by atoms with Crippen LogP contribution in [0.2, 0.25) is 5.02 Å². The fourth-order valence-electron chi connectivity index (χ4n) is 2.61. The largest absolute Gasteiger partial charge is 0.491 e. The first-order valence-corrected chi connectivity index (χ1v) is 9.35. The van der Waals surface area contributed by atoms with Crippen LogP contribution in [0, 0.1) is 6.92 Å². The molecule has 1 aromatic heterocycles. The van der Waals surface area contributed by atoms with E-state index in [0.29, 0.717) is 22.0 Å². The highest BCUT2D eigenvalue weighted by Crippen LogP contribution is 2.24. The van der Waals surface area contributed by atoms with Crippen LogP contribution in [0.1, 0.15) is 29.8 Å². The summed E-state index contributed by atoms with van der Waals surface area (Å²) in [4.78, 5) is 16.7. The molecule has 0 aliphatic carbocycles. The number of aromatic nitrogens is 1. The molecule has 6 heteroatoms. The molecule has 0 atom stereocenters. The quantitative estimate of drug-likeness (QED) is 0.551. The SMILES string of the molecule is Cc1ccc(Cl)cc1Nc1cncc(C(=O)Nc2ccc(OC(C)C)cc2)c1. The molecule has 0 aliphatic rings. The summed E-state index contributed by atoms with van der Waals surface area (Å²) in [6, 6.07) is 14.6. The molecule has 0 unspecified atom stereocenters. The van der Waals surface area contributed by atoms with E-state index >= 15 is 0 Å². The molecule has 2 N–H and O–H groups in total. The van der Waals surface area contributed by atoms with E-state index in [0.717, 1.165) is 17.0 Å². The van der Waals surface area contributed by atoms with Crippen molar-refractivity contribution in [3.05, 3.63) is 77.1 Å². The minimum atomic E-state index is -0.239. The van der Waals surface area contributed by atoms with Gasteiger partial charge in [-0.25, -0.2) is 0 Å². The van der Waals surface area contributed by atoms with Crippen molar-refractivity contribution >= 4 is 34.6 Å². The topological polar surface area (TPSA) is 63.2 Å². The number of nitrogens with one attached hydrogen (secondary N) is 2. The zero-order chi connectivity index (χ0) is 20.1. The highest BCUT2D eigenvalue weighted by atomic mass is 35.5. The van der Waals surface area contributed by atoms with Gasteiger partial charge in [0, 0.05) is 22.6 Å². The highest BCUT2D eigenvalue weighted by Gasteiger charge is 2.09. The number of carbonyl (C=O) groups excluding carboxylic acids is 1. The first-order valence-electron chi connectivity index (χ1n) is 8.97. The van der Waals surface area contributed by atoms with Crippen LogP contribution in [0.5, 0.6) is 5.75 Å². The van der Waals surface area contributed by atoms with Crippen molar-refractivity contribution in [3.8, 4) is 5.75 Å². The van der Waals surface area contributed by atoms with Gasteiger partial charge in [-0.15, -0.1) is 0 Å². The zero-order valence-electron chi connectivity index (χ0n) is 16.0. The molecule has 0 aliphatic heterocycles. The van der Waals surface area contributed by atoms with Crippen molar-refractivity contribution < 1.29 is 9.53 Å². The normalized spacial score (nSPS) is 10.6. The second-order valence-corrected chi connectivity index (χ2v) is 7.13. The van der Waals surface area contributed by atoms with Crippen molar-refractivity contribution in [2.75, 3.05) is 10.6 Å². The Kier molecular flexibility index (Phi) is 6.16. The van der Waals surface area contributed by atoms with Crippen LogP contribution in [0.15, 0.2) is 60.9 Å². The number of carbonyl (C=O) groups is 1. The average Bonchev–Trinajstić information content (AvgIpc) is 2.66. The molecule has 3 aromatic rings. The summed E-state index contributed by atoms with van der Waals surface area (Å²) in [5.74, 6) is 0.522. The maximum Gasteiger partial charge on any atom is 0.257 e. The number of halogens is 1. The predicted molar refractivity (Wildman–Crippen MR) is 114 cm³/mol. The third-order valence-corrected chi connectivity index (χ3v) is 4.20. The molecular weight excluding hydrogens is 374 g/mol. The summed E-state index contributed by atoms with van der Waals surface area (Å²) in [6.07, 6.45) is 3.29. The van der Waals surface area contributed by atoms with E-state index in [-0.39, 0.29) is 12.0 Å². The van der Waals surface area contributed by atoms with Gasteiger partial charge in [0.1, 0.15) is 5.75 Å². The van der Waals surface area contributed by atoms with Crippen LogP contribution in [-0.4, -0.2) is 17.0 Å². The smallest absolute Gasteiger partial charge is 0.257 e. The van der Waals surface area contributed by atoms with Crippen LogP contribution in [-0.2, 0) is 0 Å². The Labute approximate surface area is 169 Å². The van der Waals surface area contributed by atoms with Gasteiger partial charge in [-0.05, 0) is 68.8 Å². The van der Waals surface area contributed by atoms with Crippen molar-refractivity contribution in [1.29, 1.82) is 0 Å². The predicted octanol–water partition coefficient (Wildman–Crippen LogP) is 5.83. The van der Waals surface area contributed by atoms with Crippen LogP contribution >= 0.6 is 11.6 Å². The summed E-state index contributed by atoms with van der Waals surface area (Å²) in [6.45, 7) is 5.92. The summed E-state index contributed by atoms with van der Waals surface area (Å²) in [5.41, 5.74) is 3.76. The lowest BCUT2D eigenvalue weighted by Crippen LogP contribution is -2.12. The number of benzene rings is 2. The van der Waals surface area contributed by atoms with Gasteiger partial charge >= 0.3 is 0 Å². The van der Waals surface area contributed by atoms with Crippen molar-refractivity contribution in [2.45, 2.75) is 26.9 Å². The van der Waals surface area contributed by atoms with Gasteiger partial charge in [0.15, 0.2) is 0 Å². The maximum absolute atomic E-state index is 12.6. The summed E-state index contributed by atoms with van der Waals surface area (Å²) in [5, 5.41) is 6.76. The molecule has 28 heavy (non-hydrogen) atoms. The summed E-state index contributed by atoms with van der Waals surface area (Å²) in [7, 11) is 0. The first kappa shape index (κ1) is 19.7. The molecule has 1 heterocycles. The maximum atomic E-state index is 12.6. The first-order chi connectivity index (χ1) is 13.4. The lowest BCUT2D eigenvalue weighted by atomic mass is 10.2. The molecule has 0 saturated carbocycles. The average molecular weight is 396 g/mol. The van der Waals surface area contributed by atoms with E-state index < -0.39 is 0 Å². The zero-order valence-corrected chi connectivity index (χ0v) is 16.7. The minimum Gasteiger partial charge on any atom is -0.491 e. The van der Waals surface area contributed by atoms with E-state index in [1.54, 1.807) is 24.4 Å². The number of anilines is 3. The molecule has 0 spiro atoms. The fraction of sp³-hybridized carbons (Fsp3) is 0.182. The Morgan fingerprint density at radius 1 is 1.04 bits per heavy atom. The Morgan fingerprint density at radius 3 is 2.50 bits per heavy atom. The van der Waals surface area contributed by atoms with Gasteiger partial charge in [0.25, 0.3) is 5.91 Å². The van der Waals surface area contributed by atoms with Crippen LogP contribution in [0.3, 0.4) is 0 Å². The lowest BCUT2D eigenvalue weighted by molar-refractivity contribution is 0.102. The Balaban J connectivity index is 1.70. The third kappa shape index (κ3) is 5.24. The standard InChI is InChI=1S/C22H22ClN3O2/c1-14(2)28-20-8-6-18(7-9-20)26-22(27)16-10-19(13-24-12-16)25-21-11-17(23)5-4-15(21)3/h4-14,25H,1-3H3,(H,26,27). The van der Waals surface area contributed by atoms with Crippen LogP contribution < -0.4 is 15.4 Å². The molecule has 144 valence electrons. The van der Waals surface area contributed by atoms with Gasteiger partial charge in [0.05, 0.1) is 23.6 Å². The summed E-state index contributed by atoms with van der Waals surface area (Å²) >= 11 is 6.07. The third-order valence-electron chi connectivity index (χ3n) is 3.96. The second kappa shape index (κ2) is 8.76. The van der Waals surface area contributed by atoms with E-state index in [4.69, 9.17) is 16.3 Å². The van der Waals surface area contributed by atoms with Gasteiger partial charge in [-0.3, -0.25) is 9.78 Å². The van der Waals surface area contributed by atoms with Crippen molar-refractivity contribution in [1.82, 2.24) is 4.98 Å². The van der Waals surface area contributed by atoms with E-state index in [9.17, 15) is 4.79 Å². The molecule has 2 aromatic carbocycles. The van der Waals surface area contributed by atoms with Gasteiger partial charge in [-0.1, -0.05) is 17.7 Å². The lowest BCUT2D eigenvalue weighted by Gasteiger charge is -2.12. The second-order valence-electron chi connectivity index (χ2n) is 6.69. The van der Waals surface area contributed by atoms with E-state index in [2.05, 4.69) is 15.6 Å². The van der Waals surface area contributed by atoms with Crippen LogP contribution in [0.25, 0.3) is 0 Å². The number of hydrogen-bond acceptors (Lipinski definition) is 4. The summed E-state index contributed by atoms with van der Waals surface area (Å²) < 4.78 is 5.61. The monoisotopic (exact) mass is 395 g/mol. The number of rotatable bonds is 6. The van der Waals surface area contributed by atoms with Gasteiger partial charge in [0.2, 0.25) is 0 Å². The molecule has 0 saturated heterocycles. The van der Waals surface area contributed by atoms with E-state index in [1.165, 1.54) is 6.20 Å². The molecule has 3 rings (SSSR count). The molecule has 1 amide bonds. The highest BCUT2D eigenvalue weighted by molar-refractivity contribution is 6.30. The number of ether oxygens (including phenoxy) is 1. The molecule has 0 radical (unpaired) electrons. The van der Waals surface area contributed by atoms with Gasteiger partial charge in [-0.2, -0.15) is 0 Å². The number of pyridine rings is 1. The minimum absolute atomic E-state index is 0.102. The number of aryl methyl sites for hydroxylation is 1. The number of amides is 1. The number of hydrogen-bond donors (Lipinski definition) is 2. The van der Waals surface area contributed by atoms with E-state index in [1.807, 2.05) is 51.1 Å². The Bertz CT molecular complexity index is 972. The Morgan fingerprint density at radius 2 is 1.79 bits per heavy atom. The molecular formula is C22H22ClN3O2. The molecule has 0 bridgehead atoms. The van der Waals surface area contributed by atoms with Gasteiger partial charge < -0.3 is 15.4 Å². The number of nitrogens with zero attached hydrogens (tertiary/aromatic N) is 1. The fourth-order valence-corrected chi connectivity index (χ4v) is 2.78.